The van der Waals surface area contributed by atoms with Gasteiger partial charge in [-0.25, -0.2) is 0 Å². The van der Waals surface area contributed by atoms with Crippen molar-refractivity contribution in [3.63, 3.8) is 0 Å². The normalized spacial score (nSPS) is 36.4. The van der Waals surface area contributed by atoms with Crippen molar-refractivity contribution < 1.29 is 19.7 Å². The highest BCUT2D eigenvalue weighted by Crippen LogP contribution is 2.48. The third kappa shape index (κ3) is 1.85. The average molecular weight is 307 g/mol. The zero-order chi connectivity index (χ0) is 15.5. The van der Waals surface area contributed by atoms with Crippen LogP contribution in [0.1, 0.15) is 41.0 Å². The first-order valence-electron chi connectivity index (χ1n) is 7.83. The van der Waals surface area contributed by atoms with E-state index in [1.54, 1.807) is 4.68 Å². The monoisotopic (exact) mass is 307 g/mol. The highest BCUT2D eigenvalue weighted by molar-refractivity contribution is 5.94. The summed E-state index contributed by atoms with van der Waals surface area (Å²) >= 11 is 0. The highest BCUT2D eigenvalue weighted by Gasteiger charge is 2.58. The molecule has 4 atom stereocenters. The van der Waals surface area contributed by atoms with Crippen LogP contribution in [0.5, 0.6) is 0 Å². The van der Waals surface area contributed by atoms with Crippen LogP contribution in [0.4, 0.5) is 0 Å². The Morgan fingerprint density at radius 2 is 2.32 bits per heavy atom. The van der Waals surface area contributed by atoms with E-state index in [1.165, 1.54) is 0 Å². The van der Waals surface area contributed by atoms with E-state index in [0.717, 1.165) is 24.1 Å². The van der Waals surface area contributed by atoms with Gasteiger partial charge in [-0.1, -0.05) is 0 Å². The Morgan fingerprint density at radius 1 is 1.50 bits per heavy atom. The van der Waals surface area contributed by atoms with Gasteiger partial charge in [0, 0.05) is 24.7 Å². The molecule has 0 aromatic carbocycles. The molecule has 2 aliphatic carbocycles. The predicted octanol–water partition coefficient (Wildman–Crippen LogP) is -0.503. The maximum atomic E-state index is 12.7. The number of ether oxygens (including phenoxy) is 1. The van der Waals surface area contributed by atoms with Crippen LogP contribution in [0, 0.1) is 5.92 Å². The third-order valence-electron chi connectivity index (χ3n) is 5.54. The molecule has 2 unspecified atom stereocenters. The molecule has 2 heterocycles. The second-order valence-corrected chi connectivity index (χ2v) is 6.75. The minimum atomic E-state index is -0.897. The van der Waals surface area contributed by atoms with Crippen molar-refractivity contribution in [3.05, 3.63) is 17.0 Å². The van der Waals surface area contributed by atoms with E-state index in [-0.39, 0.29) is 11.8 Å². The number of aliphatic hydroxyl groups is 2. The molecule has 0 spiro atoms. The fraction of sp³-hybridized carbons (Fsp3) is 0.733. The van der Waals surface area contributed by atoms with E-state index >= 15 is 0 Å². The third-order valence-corrected chi connectivity index (χ3v) is 5.54. The first kappa shape index (κ1) is 14.2. The quantitative estimate of drug-likeness (QED) is 0.684. The Hall–Kier alpha value is -1.44. The van der Waals surface area contributed by atoms with E-state index in [4.69, 9.17) is 4.74 Å². The average Bonchev–Trinajstić information content (AvgIpc) is 3.14. The van der Waals surface area contributed by atoms with Crippen molar-refractivity contribution in [2.45, 2.75) is 50.0 Å². The van der Waals surface area contributed by atoms with Gasteiger partial charge in [0.05, 0.1) is 24.9 Å². The standard InChI is InChI=1S/C15H21N3O4/c1-18-10-3-5-22-7-9(10)11(17-18)14(21)16-15-4-2-8(6-15)12(19)13(15)20/h8,12-13,19-20H,2-7H2,1H3,(H,16,21)/t8?,12-,13-,15?/m0/s1. The van der Waals surface area contributed by atoms with Gasteiger partial charge in [-0.15, -0.1) is 0 Å². The molecule has 4 rings (SSSR count). The Labute approximate surface area is 128 Å². The number of nitrogens with one attached hydrogen (secondary N) is 1. The zero-order valence-electron chi connectivity index (χ0n) is 12.6. The summed E-state index contributed by atoms with van der Waals surface area (Å²) in [6.07, 6.45) is 1.28. The van der Waals surface area contributed by atoms with Gasteiger partial charge in [-0.3, -0.25) is 9.48 Å². The summed E-state index contributed by atoms with van der Waals surface area (Å²) in [4.78, 5) is 12.7. The maximum Gasteiger partial charge on any atom is 0.272 e. The van der Waals surface area contributed by atoms with Crippen molar-refractivity contribution in [3.8, 4) is 0 Å². The zero-order valence-corrected chi connectivity index (χ0v) is 12.6. The van der Waals surface area contributed by atoms with Crippen LogP contribution >= 0.6 is 0 Å². The fourth-order valence-corrected chi connectivity index (χ4v) is 4.33. The largest absolute Gasteiger partial charge is 0.390 e. The van der Waals surface area contributed by atoms with Gasteiger partial charge in [-0.2, -0.15) is 5.10 Å². The van der Waals surface area contributed by atoms with Crippen molar-refractivity contribution in [2.75, 3.05) is 6.61 Å². The number of aryl methyl sites for hydroxylation is 1. The summed E-state index contributed by atoms with van der Waals surface area (Å²) in [5, 5.41) is 27.6. The number of hydrogen-bond donors (Lipinski definition) is 3. The minimum Gasteiger partial charge on any atom is -0.390 e. The first-order chi connectivity index (χ1) is 10.5. The van der Waals surface area contributed by atoms with Crippen molar-refractivity contribution in [1.82, 2.24) is 15.1 Å². The number of aliphatic hydroxyl groups excluding tert-OH is 2. The molecule has 2 fully saturated rings. The molecule has 3 N–H and O–H groups in total. The number of fused-ring (bicyclic) bond motifs is 3. The van der Waals surface area contributed by atoms with Crippen LogP contribution in [-0.4, -0.2) is 50.3 Å². The van der Waals surface area contributed by atoms with Gasteiger partial charge < -0.3 is 20.3 Å². The van der Waals surface area contributed by atoms with Crippen LogP contribution in [0.3, 0.4) is 0 Å². The molecule has 22 heavy (non-hydrogen) atoms. The van der Waals surface area contributed by atoms with E-state index < -0.39 is 17.7 Å². The van der Waals surface area contributed by atoms with E-state index in [2.05, 4.69) is 10.4 Å². The molecule has 3 aliphatic rings. The summed E-state index contributed by atoms with van der Waals surface area (Å²) in [7, 11) is 1.83. The Balaban J connectivity index is 1.61. The molecule has 1 aliphatic heterocycles. The fourth-order valence-electron chi connectivity index (χ4n) is 4.33. The number of hydrogen-bond acceptors (Lipinski definition) is 5. The van der Waals surface area contributed by atoms with Crippen LogP contribution in [-0.2, 0) is 24.8 Å². The van der Waals surface area contributed by atoms with E-state index in [0.29, 0.717) is 31.7 Å². The van der Waals surface area contributed by atoms with E-state index in [9.17, 15) is 15.0 Å². The molecule has 120 valence electrons. The van der Waals surface area contributed by atoms with Gasteiger partial charge in [0.25, 0.3) is 5.91 Å². The molecular weight excluding hydrogens is 286 g/mol. The molecule has 1 amide bonds. The topological polar surface area (TPSA) is 96.6 Å². The van der Waals surface area contributed by atoms with Crippen LogP contribution in [0.15, 0.2) is 0 Å². The lowest BCUT2D eigenvalue weighted by Gasteiger charge is -2.34. The lowest BCUT2D eigenvalue weighted by Crippen LogP contribution is -2.56. The highest BCUT2D eigenvalue weighted by atomic mass is 16.5. The molecule has 1 aromatic rings. The molecule has 2 saturated carbocycles. The minimum absolute atomic E-state index is 0.0799. The number of carbonyl (C=O) groups is 1. The number of amides is 1. The number of aromatic nitrogens is 2. The summed E-state index contributed by atoms with van der Waals surface area (Å²) < 4.78 is 7.18. The first-order valence-corrected chi connectivity index (χ1v) is 7.83. The van der Waals surface area contributed by atoms with Crippen molar-refractivity contribution >= 4 is 5.91 Å². The molecule has 0 radical (unpaired) electrons. The molecule has 1 aromatic heterocycles. The predicted molar refractivity (Wildman–Crippen MR) is 76.1 cm³/mol. The molecule has 0 saturated heterocycles. The van der Waals surface area contributed by atoms with Gasteiger partial charge in [0.1, 0.15) is 6.10 Å². The van der Waals surface area contributed by atoms with Crippen molar-refractivity contribution in [1.29, 1.82) is 0 Å². The summed E-state index contributed by atoms with van der Waals surface area (Å²) in [5.41, 5.74) is 1.54. The number of carbonyl (C=O) groups excluding carboxylic acids is 1. The van der Waals surface area contributed by atoms with Crippen LogP contribution < -0.4 is 5.32 Å². The Bertz CT molecular complexity index is 629. The Morgan fingerprint density at radius 3 is 3.05 bits per heavy atom. The maximum absolute atomic E-state index is 12.7. The lowest BCUT2D eigenvalue weighted by molar-refractivity contribution is -0.0321. The van der Waals surface area contributed by atoms with Crippen LogP contribution in [0.25, 0.3) is 0 Å². The lowest BCUT2D eigenvalue weighted by atomic mass is 9.88. The summed E-state index contributed by atoms with van der Waals surface area (Å²) in [5.74, 6) is -0.201. The van der Waals surface area contributed by atoms with Gasteiger partial charge in [0.2, 0.25) is 0 Å². The van der Waals surface area contributed by atoms with Crippen LogP contribution in [0.2, 0.25) is 0 Å². The van der Waals surface area contributed by atoms with Gasteiger partial charge in [-0.05, 0) is 25.2 Å². The van der Waals surface area contributed by atoms with E-state index in [1.807, 2.05) is 7.05 Å². The smallest absolute Gasteiger partial charge is 0.272 e. The summed E-state index contributed by atoms with van der Waals surface area (Å²) in [6, 6.07) is 0. The van der Waals surface area contributed by atoms with Gasteiger partial charge >= 0.3 is 0 Å². The summed E-state index contributed by atoms with van der Waals surface area (Å²) in [6.45, 7) is 1.04. The molecule has 2 bridgehead atoms. The second kappa shape index (κ2) is 4.78. The second-order valence-electron chi connectivity index (χ2n) is 6.75. The Kier molecular flexibility index (Phi) is 3.08. The molecular formula is C15H21N3O4. The van der Waals surface area contributed by atoms with Crippen molar-refractivity contribution in [2.24, 2.45) is 13.0 Å². The molecule has 7 heteroatoms. The number of nitrogens with zero attached hydrogens (tertiary/aromatic N) is 2. The molecule has 7 nitrogen and oxygen atoms in total. The number of rotatable bonds is 2. The SMILES string of the molecule is Cn1nc(C(=O)NC23CCC(C2)[C@H](O)[C@@H]3O)c2c1CCOC2. The van der Waals surface area contributed by atoms with Gasteiger partial charge in [0.15, 0.2) is 5.69 Å².